The van der Waals surface area contributed by atoms with Crippen molar-refractivity contribution in [1.82, 2.24) is 4.72 Å². The lowest BCUT2D eigenvalue weighted by Crippen LogP contribution is -2.29. The molecule has 0 aliphatic rings. The van der Waals surface area contributed by atoms with Gasteiger partial charge in [-0.3, -0.25) is 0 Å². The van der Waals surface area contributed by atoms with Gasteiger partial charge < -0.3 is 4.42 Å². The number of hydrogen-bond donors (Lipinski definition) is 1. The van der Waals surface area contributed by atoms with Crippen LogP contribution in [0.15, 0.2) is 69.5 Å². The summed E-state index contributed by atoms with van der Waals surface area (Å²) in [6, 6.07) is 10.7. The first-order chi connectivity index (χ1) is 12.3. The van der Waals surface area contributed by atoms with E-state index in [2.05, 4.69) is 4.72 Å². The van der Waals surface area contributed by atoms with E-state index in [9.17, 15) is 21.6 Å². The van der Waals surface area contributed by atoms with Crippen LogP contribution in [0.25, 0.3) is 0 Å². The number of alkyl halides is 3. The predicted molar refractivity (Wildman–Crippen MR) is 91.5 cm³/mol. The summed E-state index contributed by atoms with van der Waals surface area (Å²) in [6.45, 7) is -0.0351. The molecule has 0 aliphatic heterocycles. The van der Waals surface area contributed by atoms with Crippen LogP contribution in [0.5, 0.6) is 0 Å². The molecule has 3 aromatic rings. The van der Waals surface area contributed by atoms with Crippen molar-refractivity contribution < 1.29 is 26.0 Å². The van der Waals surface area contributed by atoms with E-state index in [1.807, 2.05) is 17.5 Å². The van der Waals surface area contributed by atoms with E-state index in [0.717, 1.165) is 23.1 Å². The molecule has 3 rings (SSSR count). The highest BCUT2D eigenvalue weighted by Crippen LogP contribution is 2.31. The molecule has 26 heavy (non-hydrogen) atoms. The Morgan fingerprint density at radius 1 is 1.12 bits per heavy atom. The molecular formula is C17H14F3NO3S2. The van der Waals surface area contributed by atoms with E-state index in [1.165, 1.54) is 17.6 Å². The van der Waals surface area contributed by atoms with Gasteiger partial charge in [0.1, 0.15) is 5.76 Å². The first-order valence-corrected chi connectivity index (χ1v) is 9.87. The largest absolute Gasteiger partial charge is 0.469 e. The minimum Gasteiger partial charge on any atom is -0.469 e. The molecule has 0 saturated heterocycles. The van der Waals surface area contributed by atoms with Crippen molar-refractivity contribution >= 4 is 21.4 Å². The maximum atomic E-state index is 12.8. The molecule has 2 aromatic heterocycles. The minimum absolute atomic E-state index is 0.0351. The van der Waals surface area contributed by atoms with Crippen molar-refractivity contribution in [3.63, 3.8) is 0 Å². The van der Waals surface area contributed by atoms with Gasteiger partial charge in [-0.1, -0.05) is 12.1 Å². The second-order valence-electron chi connectivity index (χ2n) is 5.46. The zero-order valence-electron chi connectivity index (χ0n) is 13.2. The quantitative estimate of drug-likeness (QED) is 0.663. The Morgan fingerprint density at radius 2 is 1.92 bits per heavy atom. The number of halogens is 3. The highest BCUT2D eigenvalue weighted by atomic mass is 32.2. The predicted octanol–water partition coefficient (Wildman–Crippen LogP) is 4.47. The van der Waals surface area contributed by atoms with Crippen LogP contribution in [0.2, 0.25) is 0 Å². The van der Waals surface area contributed by atoms with Gasteiger partial charge in [-0.15, -0.1) is 11.3 Å². The summed E-state index contributed by atoms with van der Waals surface area (Å²) in [5, 5.41) is 1.85. The highest BCUT2D eigenvalue weighted by molar-refractivity contribution is 7.89. The summed E-state index contributed by atoms with van der Waals surface area (Å²) in [6.07, 6.45) is -3.13. The first kappa shape index (κ1) is 18.7. The molecule has 0 spiro atoms. The Balaban J connectivity index is 1.83. The van der Waals surface area contributed by atoms with Crippen LogP contribution in [0.3, 0.4) is 0 Å². The van der Waals surface area contributed by atoms with Crippen LogP contribution in [0.4, 0.5) is 13.2 Å². The number of hydrogen-bond acceptors (Lipinski definition) is 4. The topological polar surface area (TPSA) is 59.3 Å². The third-order valence-corrected chi connectivity index (χ3v) is 6.13. The average Bonchev–Trinajstić information content (AvgIpc) is 3.28. The number of nitrogens with one attached hydrogen (secondary N) is 1. The summed E-state index contributed by atoms with van der Waals surface area (Å²) < 4.78 is 71.1. The molecule has 0 amide bonds. The van der Waals surface area contributed by atoms with Gasteiger partial charge in [-0.05, 0) is 41.8 Å². The monoisotopic (exact) mass is 401 g/mol. The third kappa shape index (κ3) is 4.17. The molecule has 0 fully saturated rings. The maximum absolute atomic E-state index is 12.8. The molecule has 4 nitrogen and oxygen atoms in total. The minimum atomic E-state index is -4.61. The summed E-state index contributed by atoms with van der Waals surface area (Å²) in [4.78, 5) is 0.448. The number of benzene rings is 1. The summed E-state index contributed by atoms with van der Waals surface area (Å²) in [5.74, 6) is 0.199. The lowest BCUT2D eigenvalue weighted by Gasteiger charge is -2.15. The zero-order chi connectivity index (χ0) is 18.8. The molecule has 0 radical (unpaired) electrons. The zero-order valence-corrected chi connectivity index (χ0v) is 14.9. The van der Waals surface area contributed by atoms with Crippen LogP contribution in [0.1, 0.15) is 22.1 Å². The Morgan fingerprint density at radius 3 is 2.54 bits per heavy atom. The smallest absolute Gasteiger partial charge is 0.416 e. The van der Waals surface area contributed by atoms with Gasteiger partial charge in [0.15, 0.2) is 0 Å². The molecule has 1 aromatic carbocycles. The second-order valence-corrected chi connectivity index (χ2v) is 8.21. The van der Waals surface area contributed by atoms with E-state index in [4.69, 9.17) is 4.42 Å². The van der Waals surface area contributed by atoms with Gasteiger partial charge >= 0.3 is 6.18 Å². The molecule has 0 bridgehead atoms. The molecule has 9 heteroatoms. The lowest BCUT2D eigenvalue weighted by atomic mass is 10.1. The fraction of sp³-hybridized carbons (Fsp3) is 0.176. The van der Waals surface area contributed by atoms with E-state index in [1.54, 1.807) is 12.1 Å². The molecule has 138 valence electrons. The molecule has 1 N–H and O–H groups in total. The number of furan rings is 1. The molecule has 0 aliphatic carbocycles. The first-order valence-electron chi connectivity index (χ1n) is 7.51. The standard InChI is InChI=1S/C17H14F3NO3S2/c18-17(19,20)12-4-1-5-13(10-12)26(22,23)21-11-14(15-6-2-8-24-15)16-7-3-9-25-16/h1-10,14,21H,11H2. The van der Waals surface area contributed by atoms with Gasteiger partial charge in [-0.2, -0.15) is 13.2 Å². The van der Waals surface area contributed by atoms with Gasteiger partial charge in [0.25, 0.3) is 0 Å². The number of thiophene rings is 1. The van der Waals surface area contributed by atoms with Crippen molar-refractivity contribution in [2.75, 3.05) is 6.54 Å². The van der Waals surface area contributed by atoms with Gasteiger partial charge in [0, 0.05) is 11.4 Å². The molecule has 0 saturated carbocycles. The number of sulfonamides is 1. The summed E-state index contributed by atoms with van der Waals surface area (Å²) in [5.41, 5.74) is -1.01. The van der Waals surface area contributed by atoms with Crippen LogP contribution in [-0.4, -0.2) is 15.0 Å². The van der Waals surface area contributed by atoms with E-state index in [0.29, 0.717) is 11.8 Å². The summed E-state index contributed by atoms with van der Waals surface area (Å²) >= 11 is 1.44. The van der Waals surface area contributed by atoms with Crippen LogP contribution in [0, 0.1) is 0 Å². The molecule has 1 atom stereocenters. The Labute approximate surface area is 152 Å². The molecular weight excluding hydrogens is 387 g/mol. The number of rotatable bonds is 6. The van der Waals surface area contributed by atoms with Crippen molar-refractivity contribution in [2.45, 2.75) is 17.0 Å². The average molecular weight is 401 g/mol. The second kappa shape index (κ2) is 7.26. The van der Waals surface area contributed by atoms with Crippen molar-refractivity contribution in [3.05, 3.63) is 76.4 Å². The molecule has 2 heterocycles. The maximum Gasteiger partial charge on any atom is 0.416 e. The highest BCUT2D eigenvalue weighted by Gasteiger charge is 2.32. The van der Waals surface area contributed by atoms with E-state index < -0.39 is 26.7 Å². The normalized spacial score (nSPS) is 13.7. The van der Waals surface area contributed by atoms with Gasteiger partial charge in [0.05, 0.1) is 22.6 Å². The third-order valence-electron chi connectivity index (χ3n) is 3.72. The molecule has 1 unspecified atom stereocenters. The summed E-state index contributed by atoms with van der Waals surface area (Å²) in [7, 11) is -4.11. The Hall–Kier alpha value is -2.10. The van der Waals surface area contributed by atoms with E-state index >= 15 is 0 Å². The Bertz CT molecular complexity index is 915. The lowest BCUT2D eigenvalue weighted by molar-refractivity contribution is -0.137. The van der Waals surface area contributed by atoms with Crippen molar-refractivity contribution in [3.8, 4) is 0 Å². The van der Waals surface area contributed by atoms with Crippen LogP contribution >= 0.6 is 11.3 Å². The van der Waals surface area contributed by atoms with Gasteiger partial charge in [0.2, 0.25) is 10.0 Å². The van der Waals surface area contributed by atoms with Crippen molar-refractivity contribution in [1.29, 1.82) is 0 Å². The fourth-order valence-electron chi connectivity index (χ4n) is 2.44. The van der Waals surface area contributed by atoms with Crippen LogP contribution in [-0.2, 0) is 16.2 Å². The fourth-order valence-corrected chi connectivity index (χ4v) is 4.36. The SMILES string of the molecule is O=S(=O)(NCC(c1ccco1)c1cccs1)c1cccc(C(F)(F)F)c1. The Kier molecular flexibility index (Phi) is 5.22. The van der Waals surface area contributed by atoms with Crippen molar-refractivity contribution in [2.24, 2.45) is 0 Å². The van der Waals surface area contributed by atoms with E-state index in [-0.39, 0.29) is 12.5 Å². The van der Waals surface area contributed by atoms with Gasteiger partial charge in [-0.25, -0.2) is 13.1 Å². The van der Waals surface area contributed by atoms with Crippen LogP contribution < -0.4 is 4.72 Å².